The summed E-state index contributed by atoms with van der Waals surface area (Å²) < 4.78 is 5.27. The number of carbonyl (C=O) groups excluding carboxylic acids is 2. The highest BCUT2D eigenvalue weighted by Crippen LogP contribution is 2.29. The van der Waals surface area contributed by atoms with Crippen molar-refractivity contribution < 1.29 is 24.2 Å². The number of aromatic carboxylic acids is 1. The highest BCUT2D eigenvalue weighted by molar-refractivity contribution is 7.14. The summed E-state index contributed by atoms with van der Waals surface area (Å²) in [5, 5.41) is 13.3. The molecule has 7 nitrogen and oxygen atoms in total. The van der Waals surface area contributed by atoms with Gasteiger partial charge >= 0.3 is 12.0 Å². The third-order valence-corrected chi connectivity index (χ3v) is 3.17. The van der Waals surface area contributed by atoms with Crippen molar-refractivity contribution in [2.45, 2.75) is 20.0 Å². The molecule has 8 heteroatoms. The van der Waals surface area contributed by atoms with Gasteiger partial charge in [-0.05, 0) is 19.9 Å². The maximum absolute atomic E-state index is 11.6. The van der Waals surface area contributed by atoms with Gasteiger partial charge in [-0.25, -0.2) is 9.59 Å². The van der Waals surface area contributed by atoms with Crippen LogP contribution in [0.5, 0.6) is 5.75 Å². The van der Waals surface area contributed by atoms with Crippen LogP contribution in [0, 0.1) is 6.92 Å². The van der Waals surface area contributed by atoms with E-state index in [9.17, 15) is 14.4 Å². The normalized spacial score (nSPS) is 11.5. The third-order valence-electron chi connectivity index (χ3n) is 2.15. The first-order valence-electron chi connectivity index (χ1n) is 5.38. The van der Waals surface area contributed by atoms with Gasteiger partial charge in [-0.3, -0.25) is 10.1 Å². The molecule has 0 aromatic carbocycles. The van der Waals surface area contributed by atoms with Gasteiger partial charge in [-0.15, -0.1) is 11.3 Å². The van der Waals surface area contributed by atoms with E-state index in [1.807, 2.05) is 5.32 Å². The summed E-state index contributed by atoms with van der Waals surface area (Å²) in [6.07, 6.45) is -0.982. The molecule has 3 N–H and O–H groups in total. The van der Waals surface area contributed by atoms with Crippen LogP contribution in [0.2, 0.25) is 0 Å². The van der Waals surface area contributed by atoms with Crippen molar-refractivity contribution in [1.29, 1.82) is 0 Å². The molecule has 0 aliphatic carbocycles. The number of urea groups is 1. The average Bonchev–Trinajstić information content (AvgIpc) is 2.70. The molecule has 104 valence electrons. The van der Waals surface area contributed by atoms with Crippen LogP contribution in [0.4, 0.5) is 4.79 Å². The van der Waals surface area contributed by atoms with E-state index in [0.29, 0.717) is 0 Å². The van der Waals surface area contributed by atoms with Gasteiger partial charge < -0.3 is 15.2 Å². The second-order valence-electron chi connectivity index (χ2n) is 3.68. The Hall–Kier alpha value is -2.09. The number of carbonyl (C=O) groups is 3. The number of hydrogen-bond donors (Lipinski definition) is 3. The Morgan fingerprint density at radius 3 is 2.58 bits per heavy atom. The van der Waals surface area contributed by atoms with Crippen molar-refractivity contribution in [1.82, 2.24) is 10.6 Å². The molecule has 0 bridgehead atoms. The van der Waals surface area contributed by atoms with Gasteiger partial charge in [0, 0.05) is 11.9 Å². The standard InChI is InChI=1S/C11H14N2O5S/c1-5-4-7(8(19-5)10(15)16)18-6(2)9(14)13-11(17)12-3/h4,6H,1-3H3,(H,15,16)(H2,12,13,14,17). The summed E-state index contributed by atoms with van der Waals surface area (Å²) in [6.45, 7) is 3.16. The second-order valence-corrected chi connectivity index (χ2v) is 4.94. The number of aryl methyl sites for hydroxylation is 1. The van der Waals surface area contributed by atoms with Gasteiger partial charge in [0.25, 0.3) is 5.91 Å². The molecular formula is C11H14N2O5S. The fourth-order valence-electron chi connectivity index (χ4n) is 1.25. The lowest BCUT2D eigenvalue weighted by Gasteiger charge is -2.13. The number of carboxylic acid groups (broad SMARTS) is 1. The van der Waals surface area contributed by atoms with Gasteiger partial charge in [-0.2, -0.15) is 0 Å². The van der Waals surface area contributed by atoms with E-state index in [1.165, 1.54) is 20.0 Å². The molecule has 1 rings (SSSR count). The molecule has 3 amide bonds. The number of rotatable bonds is 4. The molecule has 1 aromatic heterocycles. The van der Waals surface area contributed by atoms with Crippen LogP contribution in [0.15, 0.2) is 6.07 Å². The molecule has 0 fully saturated rings. The van der Waals surface area contributed by atoms with E-state index < -0.39 is 24.0 Å². The zero-order valence-electron chi connectivity index (χ0n) is 10.6. The molecule has 0 saturated heterocycles. The lowest BCUT2D eigenvalue weighted by molar-refractivity contribution is -0.126. The van der Waals surface area contributed by atoms with E-state index in [-0.39, 0.29) is 10.6 Å². The summed E-state index contributed by atoms with van der Waals surface area (Å²) in [5.41, 5.74) is 0. The van der Waals surface area contributed by atoms with Crippen LogP contribution >= 0.6 is 11.3 Å². The van der Waals surface area contributed by atoms with E-state index >= 15 is 0 Å². The lowest BCUT2D eigenvalue weighted by Crippen LogP contribution is -2.44. The van der Waals surface area contributed by atoms with Crippen LogP contribution in [0.25, 0.3) is 0 Å². The summed E-state index contributed by atoms with van der Waals surface area (Å²) in [7, 11) is 1.37. The van der Waals surface area contributed by atoms with Gasteiger partial charge in [0.05, 0.1) is 0 Å². The van der Waals surface area contributed by atoms with Crippen molar-refractivity contribution >= 4 is 29.2 Å². The van der Waals surface area contributed by atoms with Crippen molar-refractivity contribution in [2.24, 2.45) is 0 Å². The van der Waals surface area contributed by atoms with Crippen LogP contribution < -0.4 is 15.4 Å². The van der Waals surface area contributed by atoms with E-state index in [1.54, 1.807) is 6.92 Å². The monoisotopic (exact) mass is 286 g/mol. The van der Waals surface area contributed by atoms with Gasteiger partial charge in [0.15, 0.2) is 11.0 Å². The molecule has 1 atom stereocenters. The number of hydrogen-bond acceptors (Lipinski definition) is 5. The topological polar surface area (TPSA) is 105 Å². The first-order chi connectivity index (χ1) is 8.85. The molecule has 0 radical (unpaired) electrons. The number of ether oxygens (including phenoxy) is 1. The predicted molar refractivity (Wildman–Crippen MR) is 68.7 cm³/mol. The summed E-state index contributed by atoms with van der Waals surface area (Å²) in [4.78, 5) is 34.3. The van der Waals surface area contributed by atoms with E-state index in [4.69, 9.17) is 9.84 Å². The Balaban J connectivity index is 2.76. The van der Waals surface area contributed by atoms with Gasteiger partial charge in [0.2, 0.25) is 0 Å². The number of amides is 3. The average molecular weight is 286 g/mol. The van der Waals surface area contributed by atoms with Gasteiger partial charge in [-0.1, -0.05) is 0 Å². The summed E-state index contributed by atoms with van der Waals surface area (Å²) >= 11 is 1.06. The van der Waals surface area contributed by atoms with Crippen LogP contribution in [-0.4, -0.2) is 36.2 Å². The Labute approximate surface area is 113 Å². The molecule has 1 aromatic rings. The van der Waals surface area contributed by atoms with Crippen molar-refractivity contribution in [3.05, 3.63) is 15.8 Å². The Kier molecular flexibility index (Phi) is 4.87. The fraction of sp³-hybridized carbons (Fsp3) is 0.364. The minimum absolute atomic E-state index is 0.0251. The largest absolute Gasteiger partial charge is 0.479 e. The Morgan fingerprint density at radius 2 is 2.05 bits per heavy atom. The zero-order valence-corrected chi connectivity index (χ0v) is 11.5. The molecule has 0 aliphatic rings. The maximum Gasteiger partial charge on any atom is 0.349 e. The first-order valence-corrected chi connectivity index (χ1v) is 6.19. The smallest absolute Gasteiger partial charge is 0.349 e. The van der Waals surface area contributed by atoms with Crippen molar-refractivity contribution in [3.8, 4) is 5.75 Å². The number of imide groups is 1. The van der Waals surface area contributed by atoms with Gasteiger partial charge in [0.1, 0.15) is 5.75 Å². The van der Waals surface area contributed by atoms with E-state index in [0.717, 1.165) is 16.2 Å². The summed E-state index contributed by atoms with van der Waals surface area (Å²) in [5.74, 6) is -1.65. The third kappa shape index (κ3) is 3.95. The lowest BCUT2D eigenvalue weighted by atomic mass is 10.3. The van der Waals surface area contributed by atoms with Crippen molar-refractivity contribution in [2.75, 3.05) is 7.05 Å². The first kappa shape index (κ1) is 15.0. The zero-order chi connectivity index (χ0) is 14.6. The molecule has 19 heavy (non-hydrogen) atoms. The second kappa shape index (κ2) is 6.19. The predicted octanol–water partition coefficient (Wildman–Crippen LogP) is 0.978. The summed E-state index contributed by atoms with van der Waals surface area (Å²) in [6, 6.07) is 0.887. The van der Waals surface area contributed by atoms with Crippen molar-refractivity contribution in [3.63, 3.8) is 0 Å². The molecular weight excluding hydrogens is 272 g/mol. The fourth-order valence-corrected chi connectivity index (χ4v) is 2.03. The minimum atomic E-state index is -1.12. The molecule has 0 spiro atoms. The minimum Gasteiger partial charge on any atom is -0.479 e. The van der Waals surface area contributed by atoms with Crippen LogP contribution in [0.3, 0.4) is 0 Å². The number of thiophene rings is 1. The highest BCUT2D eigenvalue weighted by atomic mass is 32.1. The van der Waals surface area contributed by atoms with E-state index in [2.05, 4.69) is 5.32 Å². The van der Waals surface area contributed by atoms with Crippen LogP contribution in [0.1, 0.15) is 21.5 Å². The molecule has 0 saturated carbocycles. The Morgan fingerprint density at radius 1 is 1.42 bits per heavy atom. The van der Waals surface area contributed by atoms with Crippen LogP contribution in [-0.2, 0) is 4.79 Å². The quantitative estimate of drug-likeness (QED) is 0.765. The maximum atomic E-state index is 11.6. The molecule has 0 aliphatic heterocycles. The Bertz CT molecular complexity index is 511. The SMILES string of the molecule is CNC(=O)NC(=O)C(C)Oc1cc(C)sc1C(=O)O. The molecule has 1 heterocycles. The number of nitrogens with one attached hydrogen (secondary N) is 2. The number of carboxylic acids is 1. The molecule has 1 unspecified atom stereocenters. The highest BCUT2D eigenvalue weighted by Gasteiger charge is 2.22.